The van der Waals surface area contributed by atoms with E-state index in [1.807, 2.05) is 0 Å². The summed E-state index contributed by atoms with van der Waals surface area (Å²) in [5.74, 6) is -0.157. The van der Waals surface area contributed by atoms with Crippen molar-refractivity contribution in [2.24, 2.45) is 5.73 Å². The van der Waals surface area contributed by atoms with Crippen molar-refractivity contribution in [1.29, 1.82) is 0 Å². The van der Waals surface area contributed by atoms with Crippen LogP contribution < -0.4 is 11.1 Å². The number of amides is 1. The van der Waals surface area contributed by atoms with Gasteiger partial charge in [0.25, 0.3) is 0 Å². The fraction of sp³-hybridized carbons (Fsp3) is 0.500. The average Bonchev–Trinajstić information content (AvgIpc) is 2.57. The first-order chi connectivity index (χ1) is 5.83. The quantitative estimate of drug-likeness (QED) is 0.565. The monoisotopic (exact) mass is 169 g/mol. The molecule has 0 aliphatic rings. The van der Waals surface area contributed by atoms with Crippen molar-refractivity contribution in [3.05, 3.63) is 12.4 Å². The van der Waals surface area contributed by atoms with Crippen LogP contribution in [0, 0.1) is 0 Å². The fourth-order valence-corrected chi connectivity index (χ4v) is 0.734. The van der Waals surface area contributed by atoms with Gasteiger partial charge in [0.15, 0.2) is 0 Å². The van der Waals surface area contributed by atoms with Gasteiger partial charge in [-0.1, -0.05) is 5.21 Å². The van der Waals surface area contributed by atoms with Crippen LogP contribution in [0.25, 0.3) is 0 Å². The van der Waals surface area contributed by atoms with Crippen LogP contribution in [0.4, 0.5) is 0 Å². The highest BCUT2D eigenvalue weighted by Gasteiger charge is 1.95. The van der Waals surface area contributed by atoms with E-state index in [1.165, 1.54) is 0 Å². The topological polar surface area (TPSA) is 85.8 Å². The Hall–Kier alpha value is -1.43. The Kier molecular flexibility index (Phi) is 3.21. The van der Waals surface area contributed by atoms with Gasteiger partial charge in [-0.15, -0.1) is 5.10 Å². The molecule has 6 heteroatoms. The average molecular weight is 169 g/mol. The van der Waals surface area contributed by atoms with Gasteiger partial charge in [0.2, 0.25) is 5.91 Å². The van der Waals surface area contributed by atoms with E-state index in [9.17, 15) is 4.79 Å². The summed E-state index contributed by atoms with van der Waals surface area (Å²) >= 11 is 0. The van der Waals surface area contributed by atoms with E-state index in [2.05, 4.69) is 15.6 Å². The molecule has 0 spiro atoms. The summed E-state index contributed by atoms with van der Waals surface area (Å²) in [7, 11) is 0. The number of carbonyl (C=O) groups excluding carboxylic acids is 1. The molecule has 1 amide bonds. The van der Waals surface area contributed by atoms with Gasteiger partial charge in [-0.3, -0.25) is 9.48 Å². The molecule has 0 unspecified atom stereocenters. The number of hydrogen-bond donors (Lipinski definition) is 2. The smallest absolute Gasteiger partial charge is 0.233 e. The summed E-state index contributed by atoms with van der Waals surface area (Å²) in [5, 5.41) is 9.96. The summed E-state index contributed by atoms with van der Waals surface area (Å²) in [6.45, 7) is 1.17. The third-order valence-electron chi connectivity index (χ3n) is 1.32. The van der Waals surface area contributed by atoms with Crippen LogP contribution in [0.3, 0.4) is 0 Å². The Balaban J connectivity index is 2.15. The lowest BCUT2D eigenvalue weighted by Gasteiger charge is -2.01. The van der Waals surface area contributed by atoms with Crippen LogP contribution in [-0.4, -0.2) is 34.0 Å². The van der Waals surface area contributed by atoms with E-state index >= 15 is 0 Å². The highest BCUT2D eigenvalue weighted by atomic mass is 16.1. The molecule has 1 rings (SSSR count). The van der Waals surface area contributed by atoms with Crippen LogP contribution in [0.1, 0.15) is 0 Å². The molecule has 0 saturated carbocycles. The largest absolute Gasteiger partial charge is 0.353 e. The summed E-state index contributed by atoms with van der Waals surface area (Å²) in [5.41, 5.74) is 5.08. The number of nitrogens with one attached hydrogen (secondary N) is 1. The maximum absolute atomic E-state index is 10.7. The van der Waals surface area contributed by atoms with Gasteiger partial charge in [0, 0.05) is 12.7 Å². The molecule has 0 radical (unpaired) electrons. The van der Waals surface area contributed by atoms with Gasteiger partial charge in [0.05, 0.1) is 19.3 Å². The first kappa shape index (κ1) is 8.66. The molecule has 0 aliphatic carbocycles. The Morgan fingerprint density at radius 1 is 1.67 bits per heavy atom. The van der Waals surface area contributed by atoms with E-state index in [4.69, 9.17) is 5.73 Å². The van der Waals surface area contributed by atoms with Gasteiger partial charge in [-0.25, -0.2) is 0 Å². The minimum atomic E-state index is -0.157. The molecule has 1 heterocycles. The number of aromatic nitrogens is 3. The van der Waals surface area contributed by atoms with Gasteiger partial charge < -0.3 is 11.1 Å². The lowest BCUT2D eigenvalue weighted by molar-refractivity contribution is -0.119. The van der Waals surface area contributed by atoms with Gasteiger partial charge in [0.1, 0.15) is 0 Å². The van der Waals surface area contributed by atoms with Crippen molar-refractivity contribution in [3.63, 3.8) is 0 Å². The van der Waals surface area contributed by atoms with E-state index in [0.29, 0.717) is 13.1 Å². The van der Waals surface area contributed by atoms with Crippen molar-refractivity contribution >= 4 is 5.91 Å². The van der Waals surface area contributed by atoms with Crippen molar-refractivity contribution in [2.45, 2.75) is 6.54 Å². The predicted octanol–water partition coefficient (Wildman–Crippen LogP) is -1.65. The summed E-state index contributed by atoms with van der Waals surface area (Å²) in [6, 6.07) is 0. The van der Waals surface area contributed by atoms with Crippen molar-refractivity contribution in [1.82, 2.24) is 20.3 Å². The SMILES string of the molecule is NCC(=O)NCCn1ccnn1. The third-order valence-corrected chi connectivity index (χ3v) is 1.32. The minimum absolute atomic E-state index is 0.0252. The normalized spacial score (nSPS) is 9.75. The second-order valence-electron chi connectivity index (χ2n) is 2.22. The van der Waals surface area contributed by atoms with E-state index < -0.39 is 0 Å². The van der Waals surface area contributed by atoms with E-state index in [1.54, 1.807) is 17.1 Å². The standard InChI is InChI=1S/C6H11N5O/c7-5-6(12)8-1-3-11-4-2-9-10-11/h2,4H,1,3,5,7H2,(H,8,12). The third kappa shape index (κ3) is 2.67. The van der Waals surface area contributed by atoms with Crippen LogP contribution in [0.5, 0.6) is 0 Å². The molecule has 0 saturated heterocycles. The van der Waals surface area contributed by atoms with Crippen LogP contribution in [0.15, 0.2) is 12.4 Å². The molecule has 3 N–H and O–H groups in total. The molecule has 0 aliphatic heterocycles. The van der Waals surface area contributed by atoms with Crippen molar-refractivity contribution in [2.75, 3.05) is 13.1 Å². The van der Waals surface area contributed by atoms with Gasteiger partial charge in [-0.2, -0.15) is 0 Å². The molecular weight excluding hydrogens is 158 g/mol. The zero-order valence-electron chi connectivity index (χ0n) is 6.60. The Morgan fingerprint density at radius 3 is 3.08 bits per heavy atom. The molecule has 0 fully saturated rings. The molecule has 1 aromatic rings. The van der Waals surface area contributed by atoms with Crippen LogP contribution in [-0.2, 0) is 11.3 Å². The summed E-state index contributed by atoms with van der Waals surface area (Å²) in [6.07, 6.45) is 3.32. The second kappa shape index (κ2) is 4.45. The van der Waals surface area contributed by atoms with Gasteiger partial charge in [-0.05, 0) is 0 Å². The fourth-order valence-electron chi connectivity index (χ4n) is 0.734. The Bertz CT molecular complexity index is 232. The molecule has 0 bridgehead atoms. The molecule has 1 aromatic heterocycles. The van der Waals surface area contributed by atoms with Crippen LogP contribution in [0.2, 0.25) is 0 Å². The van der Waals surface area contributed by atoms with Crippen molar-refractivity contribution < 1.29 is 4.79 Å². The molecule has 66 valence electrons. The van der Waals surface area contributed by atoms with Gasteiger partial charge >= 0.3 is 0 Å². The highest BCUT2D eigenvalue weighted by molar-refractivity contribution is 5.77. The first-order valence-corrected chi connectivity index (χ1v) is 3.64. The number of nitrogens with zero attached hydrogens (tertiary/aromatic N) is 3. The highest BCUT2D eigenvalue weighted by Crippen LogP contribution is 1.78. The van der Waals surface area contributed by atoms with E-state index in [0.717, 1.165) is 0 Å². The molecule has 0 atom stereocenters. The van der Waals surface area contributed by atoms with Crippen molar-refractivity contribution in [3.8, 4) is 0 Å². The summed E-state index contributed by atoms with van der Waals surface area (Å²) < 4.78 is 1.64. The Labute approximate surface area is 69.7 Å². The minimum Gasteiger partial charge on any atom is -0.353 e. The maximum atomic E-state index is 10.7. The lowest BCUT2D eigenvalue weighted by atomic mass is 10.5. The lowest BCUT2D eigenvalue weighted by Crippen LogP contribution is -2.32. The molecule has 0 aromatic carbocycles. The predicted molar refractivity (Wildman–Crippen MR) is 42.1 cm³/mol. The first-order valence-electron chi connectivity index (χ1n) is 3.64. The Morgan fingerprint density at radius 2 is 2.50 bits per heavy atom. The second-order valence-corrected chi connectivity index (χ2v) is 2.22. The molecule has 6 nitrogen and oxygen atoms in total. The number of rotatable bonds is 4. The number of nitrogens with two attached hydrogens (primary N) is 1. The zero-order chi connectivity index (χ0) is 8.81. The molecule has 12 heavy (non-hydrogen) atoms. The van der Waals surface area contributed by atoms with Crippen LogP contribution >= 0.6 is 0 Å². The molecular formula is C6H11N5O. The summed E-state index contributed by atoms with van der Waals surface area (Å²) in [4.78, 5) is 10.7. The van der Waals surface area contributed by atoms with E-state index in [-0.39, 0.29) is 12.5 Å². The number of carbonyl (C=O) groups is 1. The maximum Gasteiger partial charge on any atom is 0.233 e. The zero-order valence-corrected chi connectivity index (χ0v) is 6.60. The number of hydrogen-bond acceptors (Lipinski definition) is 4.